The molecule has 1 aromatic rings. The normalized spacial score (nSPS) is 11.0. The maximum absolute atomic E-state index is 12.1. The van der Waals surface area contributed by atoms with Crippen LogP contribution in [0.25, 0.3) is 0 Å². The summed E-state index contributed by atoms with van der Waals surface area (Å²) in [4.78, 5) is 20.0. The highest BCUT2D eigenvalue weighted by molar-refractivity contribution is 5.70. The molecule has 0 unspecified atom stereocenters. The molecule has 0 saturated heterocycles. The molecule has 0 radical (unpaired) electrons. The summed E-state index contributed by atoms with van der Waals surface area (Å²) in [6.07, 6.45) is 1.64. The maximum Gasteiger partial charge on any atom is 0.426 e. The predicted molar refractivity (Wildman–Crippen MR) is 82.9 cm³/mol. The number of carbonyl (C=O) groups is 1. The Kier molecular flexibility index (Phi) is 6.11. The number of hydrogen-bond acceptors (Lipinski definition) is 6. The number of hydrogen-bond donors (Lipinski definition) is 1. The molecule has 0 atom stereocenters. The fourth-order valence-corrected chi connectivity index (χ4v) is 1.57. The number of nitrogens with one attached hydrogen (secondary N) is 1. The third kappa shape index (κ3) is 5.56. The minimum absolute atomic E-state index is 0.0512. The number of nitriles is 1. The lowest BCUT2D eigenvalue weighted by Crippen LogP contribution is -2.47. The number of amides is 1. The molecule has 0 fully saturated rings. The molecule has 1 rings (SSSR count). The van der Waals surface area contributed by atoms with E-state index in [0.717, 1.165) is 0 Å². The monoisotopic (exact) mass is 305 g/mol. The number of anilines is 1. The second-order valence-corrected chi connectivity index (χ2v) is 5.97. The number of hydrazine groups is 1. The molecule has 1 amide bonds. The van der Waals surface area contributed by atoms with E-state index in [9.17, 15) is 4.79 Å². The van der Waals surface area contributed by atoms with Crippen molar-refractivity contribution >= 4 is 11.9 Å². The molecule has 0 spiro atoms. The molecule has 0 bridgehead atoms. The molecule has 0 aliphatic heterocycles. The minimum atomic E-state index is -0.551. The molecule has 0 aromatic carbocycles. The molecule has 1 aromatic heterocycles. The van der Waals surface area contributed by atoms with Gasteiger partial charge in [-0.15, -0.1) is 0 Å². The summed E-state index contributed by atoms with van der Waals surface area (Å²) in [5.74, 6) is 0.779. The third-order valence-corrected chi connectivity index (χ3v) is 3.01. The summed E-state index contributed by atoms with van der Waals surface area (Å²) in [7, 11) is 0. The highest BCUT2D eigenvalue weighted by Gasteiger charge is 2.22. The van der Waals surface area contributed by atoms with Crippen molar-refractivity contribution in [3.05, 3.63) is 18.1 Å². The van der Waals surface area contributed by atoms with E-state index in [1.807, 2.05) is 40.7 Å². The second kappa shape index (κ2) is 7.59. The van der Waals surface area contributed by atoms with Gasteiger partial charge in [-0.05, 0) is 26.2 Å². The van der Waals surface area contributed by atoms with Gasteiger partial charge in [0.05, 0.1) is 0 Å². The summed E-state index contributed by atoms with van der Waals surface area (Å²) >= 11 is 0. The van der Waals surface area contributed by atoms with E-state index in [-0.39, 0.29) is 11.7 Å². The molecule has 0 aliphatic rings. The van der Waals surface area contributed by atoms with E-state index in [1.54, 1.807) is 11.1 Å². The third-order valence-electron chi connectivity index (χ3n) is 3.01. The summed E-state index contributed by atoms with van der Waals surface area (Å²) in [5.41, 5.74) is 2.13. The van der Waals surface area contributed by atoms with Crippen molar-refractivity contribution in [2.24, 2.45) is 5.92 Å². The molecular formula is C15H23N5O2. The van der Waals surface area contributed by atoms with Crippen LogP contribution in [0.2, 0.25) is 0 Å². The van der Waals surface area contributed by atoms with Crippen LogP contribution in [0, 0.1) is 17.2 Å². The Morgan fingerprint density at radius 3 is 2.77 bits per heavy atom. The average molecular weight is 305 g/mol. The van der Waals surface area contributed by atoms with Gasteiger partial charge < -0.3 is 4.74 Å². The first-order valence-electron chi connectivity index (χ1n) is 7.27. The van der Waals surface area contributed by atoms with Crippen LogP contribution < -0.4 is 10.4 Å². The Hall–Kier alpha value is -2.36. The zero-order valence-electron chi connectivity index (χ0n) is 13.8. The van der Waals surface area contributed by atoms with Crippen LogP contribution in [-0.2, 0) is 4.74 Å². The molecule has 1 N–H and O–H groups in total. The van der Waals surface area contributed by atoms with Crippen LogP contribution in [0.5, 0.6) is 0 Å². The fourth-order valence-electron chi connectivity index (χ4n) is 1.57. The predicted octanol–water partition coefficient (Wildman–Crippen LogP) is 2.64. The zero-order valence-corrected chi connectivity index (χ0v) is 13.8. The lowest BCUT2D eigenvalue weighted by molar-refractivity contribution is 0.0356. The smallest absolute Gasteiger partial charge is 0.426 e. The van der Waals surface area contributed by atoms with Gasteiger partial charge in [-0.1, -0.05) is 20.8 Å². The first-order valence-corrected chi connectivity index (χ1v) is 7.27. The summed E-state index contributed by atoms with van der Waals surface area (Å²) in [6.45, 7) is 10.2. The summed E-state index contributed by atoms with van der Waals surface area (Å²) < 4.78 is 5.38. The van der Waals surface area contributed by atoms with Crippen molar-refractivity contribution in [2.45, 2.75) is 46.6 Å². The van der Waals surface area contributed by atoms with E-state index < -0.39 is 11.7 Å². The summed E-state index contributed by atoms with van der Waals surface area (Å²) in [5, 5.41) is 10.5. The van der Waals surface area contributed by atoms with Crippen molar-refractivity contribution in [3.8, 4) is 6.07 Å². The molecule has 0 saturated carbocycles. The van der Waals surface area contributed by atoms with Crippen molar-refractivity contribution in [1.29, 1.82) is 5.26 Å². The van der Waals surface area contributed by atoms with Crippen LogP contribution in [0.3, 0.4) is 0 Å². The molecule has 1 heterocycles. The quantitative estimate of drug-likeness (QED) is 0.812. The molecule has 22 heavy (non-hydrogen) atoms. The van der Waals surface area contributed by atoms with Crippen LogP contribution in [-0.4, -0.2) is 28.2 Å². The number of aromatic nitrogens is 2. The van der Waals surface area contributed by atoms with Crippen LogP contribution in [0.1, 0.15) is 46.9 Å². The van der Waals surface area contributed by atoms with Gasteiger partial charge in [0.2, 0.25) is 5.82 Å². The Labute approximate surface area is 131 Å². The Morgan fingerprint density at radius 2 is 2.23 bits per heavy atom. The highest BCUT2D eigenvalue weighted by Crippen LogP contribution is 2.15. The van der Waals surface area contributed by atoms with Gasteiger partial charge >= 0.3 is 6.09 Å². The van der Waals surface area contributed by atoms with Crippen molar-refractivity contribution in [1.82, 2.24) is 15.4 Å². The number of carbonyl (C=O) groups excluding carboxylic acids is 1. The van der Waals surface area contributed by atoms with E-state index >= 15 is 0 Å². The van der Waals surface area contributed by atoms with E-state index in [0.29, 0.717) is 18.8 Å². The number of ether oxygens (including phenoxy) is 1. The first-order chi connectivity index (χ1) is 10.3. The van der Waals surface area contributed by atoms with Crippen molar-refractivity contribution < 1.29 is 9.53 Å². The second-order valence-electron chi connectivity index (χ2n) is 5.97. The minimum Gasteiger partial charge on any atom is -0.442 e. The van der Waals surface area contributed by atoms with E-state index in [1.165, 1.54) is 6.20 Å². The maximum atomic E-state index is 12.1. The topological polar surface area (TPSA) is 91.1 Å². The van der Waals surface area contributed by atoms with Gasteiger partial charge in [0, 0.05) is 18.8 Å². The van der Waals surface area contributed by atoms with Gasteiger partial charge in [0.1, 0.15) is 11.7 Å². The molecule has 7 nitrogen and oxygen atoms in total. The van der Waals surface area contributed by atoms with Gasteiger partial charge in [-0.3, -0.25) is 5.01 Å². The fraction of sp³-hybridized carbons (Fsp3) is 0.600. The lowest BCUT2D eigenvalue weighted by Gasteiger charge is -2.29. The molecule has 120 valence electrons. The van der Waals surface area contributed by atoms with Crippen molar-refractivity contribution in [3.63, 3.8) is 0 Å². The standard InChI is InChI=1S/C15H23N5O2/c1-6-15(4,5)22-14(21)19-20(10-11(2)3)13-7-8-17-12(9-16)18-13/h7-8,11H,6,10H2,1-5H3,(H,19,21). The van der Waals surface area contributed by atoms with Gasteiger partial charge in [0.25, 0.3) is 0 Å². The van der Waals surface area contributed by atoms with Crippen molar-refractivity contribution in [2.75, 3.05) is 11.6 Å². The molecule has 7 heteroatoms. The highest BCUT2D eigenvalue weighted by atomic mass is 16.6. The van der Waals surface area contributed by atoms with Crippen LogP contribution >= 0.6 is 0 Å². The number of nitrogens with zero attached hydrogens (tertiary/aromatic N) is 4. The molecule has 0 aliphatic carbocycles. The molecular weight excluding hydrogens is 282 g/mol. The number of rotatable bonds is 6. The van der Waals surface area contributed by atoms with Crippen LogP contribution in [0.15, 0.2) is 12.3 Å². The van der Waals surface area contributed by atoms with Gasteiger partial charge in [0.15, 0.2) is 5.82 Å². The van der Waals surface area contributed by atoms with Gasteiger partial charge in [-0.25, -0.2) is 15.2 Å². The Morgan fingerprint density at radius 1 is 1.55 bits per heavy atom. The lowest BCUT2D eigenvalue weighted by atomic mass is 10.1. The largest absolute Gasteiger partial charge is 0.442 e. The van der Waals surface area contributed by atoms with E-state index in [2.05, 4.69) is 15.4 Å². The average Bonchev–Trinajstić information content (AvgIpc) is 2.45. The zero-order chi connectivity index (χ0) is 16.8. The first kappa shape index (κ1) is 17.7. The van der Waals surface area contributed by atoms with Crippen LogP contribution in [0.4, 0.5) is 10.6 Å². The van der Waals surface area contributed by atoms with E-state index in [4.69, 9.17) is 10.00 Å². The van der Waals surface area contributed by atoms with Gasteiger partial charge in [-0.2, -0.15) is 10.2 Å². The Bertz CT molecular complexity index is 551. The summed E-state index contributed by atoms with van der Waals surface area (Å²) in [6, 6.07) is 3.52. The Balaban J connectivity index is 2.89. The SMILES string of the molecule is CCC(C)(C)OC(=O)NN(CC(C)C)c1ccnc(C#N)n1.